The third kappa shape index (κ3) is 3.31. The second kappa shape index (κ2) is 6.72. The van der Waals surface area contributed by atoms with Gasteiger partial charge in [0, 0.05) is 25.9 Å². The van der Waals surface area contributed by atoms with Crippen LogP contribution in [0.15, 0.2) is 28.7 Å². The zero-order valence-electron chi connectivity index (χ0n) is 14.6. The van der Waals surface area contributed by atoms with Crippen molar-refractivity contribution in [1.82, 2.24) is 9.88 Å². The first-order chi connectivity index (χ1) is 12.5. The van der Waals surface area contributed by atoms with E-state index < -0.39 is 0 Å². The first-order valence-corrected chi connectivity index (χ1v) is 9.40. The second-order valence-corrected chi connectivity index (χ2v) is 7.52. The normalized spacial score (nSPS) is 15.6. The number of aryl methyl sites for hydroxylation is 2. The molecule has 136 valence electrons. The molecule has 0 atom stereocenters. The Hall–Kier alpha value is -2.41. The lowest BCUT2D eigenvalue weighted by atomic mass is 10.1. The highest BCUT2D eigenvalue weighted by Crippen LogP contribution is 2.30. The number of fused-ring (bicyclic) bond motifs is 1. The van der Waals surface area contributed by atoms with Crippen LogP contribution >= 0.6 is 11.3 Å². The molecule has 0 spiro atoms. The average Bonchev–Trinajstić information content (AvgIpc) is 3.16. The van der Waals surface area contributed by atoms with Gasteiger partial charge < -0.3 is 14.1 Å². The average molecular weight is 374 g/mol. The summed E-state index contributed by atoms with van der Waals surface area (Å²) in [4.78, 5) is 18.9. The van der Waals surface area contributed by atoms with Gasteiger partial charge >= 0.3 is 0 Å². The van der Waals surface area contributed by atoms with E-state index in [0.29, 0.717) is 29.6 Å². The van der Waals surface area contributed by atoms with Gasteiger partial charge in [-0.15, -0.1) is 0 Å². The fourth-order valence-corrected chi connectivity index (χ4v) is 4.17. The van der Waals surface area contributed by atoms with Crippen molar-refractivity contribution in [2.45, 2.75) is 32.8 Å². The highest BCUT2D eigenvalue weighted by molar-refractivity contribution is 7.20. The number of ether oxygens (including phenoxy) is 1. The van der Waals surface area contributed by atoms with Crippen molar-refractivity contribution >= 4 is 27.5 Å². The van der Waals surface area contributed by atoms with Crippen LogP contribution < -0.4 is 4.74 Å². The van der Waals surface area contributed by atoms with E-state index in [1.54, 1.807) is 12.1 Å². The van der Waals surface area contributed by atoms with Crippen LogP contribution in [0.5, 0.6) is 5.19 Å². The number of halogens is 1. The van der Waals surface area contributed by atoms with E-state index >= 15 is 0 Å². The van der Waals surface area contributed by atoms with Gasteiger partial charge in [0.1, 0.15) is 23.4 Å². The van der Waals surface area contributed by atoms with Crippen LogP contribution in [0, 0.1) is 19.7 Å². The molecule has 2 aromatic heterocycles. The van der Waals surface area contributed by atoms with Crippen molar-refractivity contribution in [1.29, 1.82) is 0 Å². The number of likely N-dealkylation sites (tertiary alicyclic amines) is 1. The summed E-state index contributed by atoms with van der Waals surface area (Å²) in [6.07, 6.45) is 1.49. The lowest BCUT2D eigenvalue weighted by molar-refractivity contribution is 0.0594. The van der Waals surface area contributed by atoms with Gasteiger partial charge in [0.2, 0.25) is 0 Å². The molecule has 5 nitrogen and oxygen atoms in total. The molecule has 0 bridgehead atoms. The minimum absolute atomic E-state index is 0.00765. The number of rotatable bonds is 3. The van der Waals surface area contributed by atoms with Gasteiger partial charge in [-0.3, -0.25) is 4.79 Å². The third-order valence-corrected chi connectivity index (χ3v) is 5.51. The molecule has 1 fully saturated rings. The number of benzene rings is 1. The highest BCUT2D eigenvalue weighted by Gasteiger charge is 2.27. The maximum Gasteiger partial charge on any atom is 0.274 e. The number of carbonyl (C=O) groups is 1. The quantitative estimate of drug-likeness (QED) is 0.685. The van der Waals surface area contributed by atoms with Crippen LogP contribution in [-0.2, 0) is 0 Å². The lowest BCUT2D eigenvalue weighted by Gasteiger charge is -2.31. The first-order valence-electron chi connectivity index (χ1n) is 8.58. The highest BCUT2D eigenvalue weighted by atomic mass is 32.1. The molecule has 0 aliphatic carbocycles. The van der Waals surface area contributed by atoms with Gasteiger partial charge in [0.05, 0.1) is 15.8 Å². The van der Waals surface area contributed by atoms with Gasteiger partial charge in [0.15, 0.2) is 0 Å². The van der Waals surface area contributed by atoms with E-state index in [2.05, 4.69) is 4.98 Å². The van der Waals surface area contributed by atoms with E-state index in [-0.39, 0.29) is 17.8 Å². The number of amides is 1. The summed E-state index contributed by atoms with van der Waals surface area (Å²) in [6.45, 7) is 4.92. The smallest absolute Gasteiger partial charge is 0.274 e. The van der Waals surface area contributed by atoms with Crippen LogP contribution in [0.3, 0.4) is 0 Å². The van der Waals surface area contributed by atoms with E-state index in [1.165, 1.54) is 23.5 Å². The number of furan rings is 1. The molecule has 26 heavy (non-hydrogen) atoms. The Morgan fingerprint density at radius 3 is 2.77 bits per heavy atom. The predicted molar refractivity (Wildman–Crippen MR) is 97.3 cm³/mol. The Balaban J connectivity index is 1.38. The van der Waals surface area contributed by atoms with Crippen molar-refractivity contribution in [3.8, 4) is 5.19 Å². The number of aromatic nitrogens is 1. The molecule has 0 unspecified atom stereocenters. The summed E-state index contributed by atoms with van der Waals surface area (Å²) in [6, 6.07) is 6.32. The molecule has 0 saturated carbocycles. The van der Waals surface area contributed by atoms with E-state index in [0.717, 1.165) is 28.8 Å². The van der Waals surface area contributed by atoms with Gasteiger partial charge in [-0.05, 0) is 38.1 Å². The summed E-state index contributed by atoms with van der Waals surface area (Å²) in [5.41, 5.74) is 1.37. The molecule has 1 aromatic carbocycles. The molecule has 1 aliphatic rings. The molecule has 1 amide bonds. The van der Waals surface area contributed by atoms with Crippen molar-refractivity contribution in [3.63, 3.8) is 0 Å². The Kier molecular flexibility index (Phi) is 4.40. The van der Waals surface area contributed by atoms with Crippen LogP contribution in [0.2, 0.25) is 0 Å². The number of carbonyl (C=O) groups excluding carboxylic acids is 1. The fraction of sp³-hybridized carbons (Fsp3) is 0.368. The standard InChI is InChI=1S/C19H19FN2O3S/c1-11-9-15(12(2)24-11)18(23)22-7-5-14(6-8-22)25-19-21-16-4-3-13(20)10-17(16)26-19/h3-4,9-10,14H,5-8H2,1-2H3. The van der Waals surface area contributed by atoms with Gasteiger partial charge in [-0.2, -0.15) is 0 Å². The second-order valence-electron chi connectivity index (χ2n) is 6.53. The summed E-state index contributed by atoms with van der Waals surface area (Å²) in [5.74, 6) is 1.14. The minimum atomic E-state index is -0.274. The summed E-state index contributed by atoms with van der Waals surface area (Å²) < 4.78 is 25.5. The molecular weight excluding hydrogens is 355 g/mol. The lowest BCUT2D eigenvalue weighted by Crippen LogP contribution is -2.41. The van der Waals surface area contributed by atoms with E-state index in [1.807, 2.05) is 18.7 Å². The van der Waals surface area contributed by atoms with E-state index in [9.17, 15) is 9.18 Å². The number of hydrogen-bond acceptors (Lipinski definition) is 5. The molecule has 0 radical (unpaired) electrons. The molecule has 4 rings (SSSR count). The molecule has 7 heteroatoms. The third-order valence-electron chi connectivity index (χ3n) is 4.60. The fourth-order valence-electron chi connectivity index (χ4n) is 3.26. The Labute approximate surface area is 154 Å². The van der Waals surface area contributed by atoms with Crippen molar-refractivity contribution in [3.05, 3.63) is 47.2 Å². The largest absolute Gasteiger partial charge is 0.467 e. The maximum absolute atomic E-state index is 13.3. The topological polar surface area (TPSA) is 55.6 Å². The first kappa shape index (κ1) is 17.0. The SMILES string of the molecule is Cc1cc(C(=O)N2CCC(Oc3nc4ccc(F)cc4s3)CC2)c(C)o1. The maximum atomic E-state index is 13.3. The van der Waals surface area contributed by atoms with Crippen LogP contribution in [-0.4, -0.2) is 35.0 Å². The molecule has 1 aliphatic heterocycles. The molecule has 0 N–H and O–H groups in total. The molecule has 3 heterocycles. The minimum Gasteiger partial charge on any atom is -0.467 e. The number of nitrogens with zero attached hydrogens (tertiary/aromatic N) is 2. The number of thiazole rings is 1. The zero-order valence-corrected chi connectivity index (χ0v) is 15.4. The van der Waals surface area contributed by atoms with E-state index in [4.69, 9.17) is 9.15 Å². The molecule has 1 saturated heterocycles. The summed E-state index contributed by atoms with van der Waals surface area (Å²) in [7, 11) is 0. The van der Waals surface area contributed by atoms with Crippen molar-refractivity contribution in [2.75, 3.05) is 13.1 Å². The van der Waals surface area contributed by atoms with Gasteiger partial charge in [0.25, 0.3) is 11.1 Å². The molecule has 3 aromatic rings. The predicted octanol–water partition coefficient (Wildman–Crippen LogP) is 4.33. The monoisotopic (exact) mass is 374 g/mol. The summed E-state index contributed by atoms with van der Waals surface area (Å²) in [5, 5.41) is 0.552. The van der Waals surface area contributed by atoms with Crippen LogP contribution in [0.4, 0.5) is 4.39 Å². The van der Waals surface area contributed by atoms with Crippen molar-refractivity contribution in [2.24, 2.45) is 0 Å². The Morgan fingerprint density at radius 1 is 1.31 bits per heavy atom. The van der Waals surface area contributed by atoms with Gasteiger partial charge in [-0.25, -0.2) is 9.37 Å². The number of hydrogen-bond donors (Lipinski definition) is 0. The Morgan fingerprint density at radius 2 is 2.08 bits per heavy atom. The number of piperidine rings is 1. The zero-order chi connectivity index (χ0) is 18.3. The van der Waals surface area contributed by atoms with Crippen LogP contribution in [0.1, 0.15) is 34.7 Å². The molecular formula is C19H19FN2O3S. The Bertz CT molecular complexity index is 957. The van der Waals surface area contributed by atoms with Crippen LogP contribution in [0.25, 0.3) is 10.2 Å². The van der Waals surface area contributed by atoms with Gasteiger partial charge in [-0.1, -0.05) is 11.3 Å². The summed E-state index contributed by atoms with van der Waals surface area (Å²) >= 11 is 1.35. The van der Waals surface area contributed by atoms with Crippen molar-refractivity contribution < 1.29 is 18.3 Å².